The highest BCUT2D eigenvalue weighted by Gasteiger charge is 2.30. The summed E-state index contributed by atoms with van der Waals surface area (Å²) in [5.74, 6) is -4.90. The largest absolute Gasteiger partial charge is 0.508 e. The van der Waals surface area contributed by atoms with E-state index in [1.54, 1.807) is 12.1 Å². The minimum absolute atomic E-state index is 0.0329. The second-order valence-corrected chi connectivity index (χ2v) is 8.64. The van der Waals surface area contributed by atoms with E-state index in [4.69, 9.17) is 28.0 Å². The van der Waals surface area contributed by atoms with Crippen LogP contribution in [-0.4, -0.2) is 88.2 Å². The average Bonchev–Trinajstić information content (AvgIpc) is 2.87. The van der Waals surface area contributed by atoms with Gasteiger partial charge in [0.2, 0.25) is 23.6 Å². The first-order valence-corrected chi connectivity index (χ1v) is 12.0. The van der Waals surface area contributed by atoms with Crippen LogP contribution in [0.4, 0.5) is 0 Å². The zero-order valence-corrected chi connectivity index (χ0v) is 21.2. The fraction of sp³-hybridized carbons (Fsp3) is 0.478. The summed E-state index contributed by atoms with van der Waals surface area (Å²) in [5, 5.41) is 34.7. The number of amides is 4. The van der Waals surface area contributed by atoms with E-state index in [0.717, 1.165) is 0 Å². The number of aliphatic hydroxyl groups is 1. The molecule has 0 aliphatic rings. The summed E-state index contributed by atoms with van der Waals surface area (Å²) in [6.45, 7) is -0.801. The Morgan fingerprint density at radius 1 is 0.846 bits per heavy atom. The number of hydrogen-bond acceptors (Lipinski definition) is 9. The maximum Gasteiger partial charge on any atom is 0.328 e. The number of nitrogens with one attached hydrogen (secondary N) is 3. The van der Waals surface area contributed by atoms with E-state index in [2.05, 4.69) is 20.9 Å². The van der Waals surface area contributed by atoms with Crippen LogP contribution in [-0.2, 0) is 30.4 Å². The molecule has 1 aromatic carbocycles. The van der Waals surface area contributed by atoms with Crippen molar-refractivity contribution in [1.82, 2.24) is 16.0 Å². The minimum Gasteiger partial charge on any atom is -0.508 e. The molecule has 39 heavy (non-hydrogen) atoms. The van der Waals surface area contributed by atoms with Crippen molar-refractivity contribution in [2.24, 2.45) is 27.9 Å². The monoisotopic (exact) mass is 552 g/mol. The van der Waals surface area contributed by atoms with E-state index < -0.39 is 60.4 Å². The van der Waals surface area contributed by atoms with Gasteiger partial charge in [-0.3, -0.25) is 24.2 Å². The van der Waals surface area contributed by atoms with Crippen molar-refractivity contribution in [1.29, 1.82) is 0 Å². The van der Waals surface area contributed by atoms with Crippen LogP contribution in [0.1, 0.15) is 31.2 Å². The molecule has 14 N–H and O–H groups in total. The van der Waals surface area contributed by atoms with E-state index in [1.807, 2.05) is 0 Å². The highest BCUT2D eigenvalue weighted by Crippen LogP contribution is 2.11. The third-order valence-electron chi connectivity index (χ3n) is 5.42. The molecule has 0 fully saturated rings. The van der Waals surface area contributed by atoms with Gasteiger partial charge in [-0.2, -0.15) is 0 Å². The Labute approximate surface area is 224 Å². The molecular formula is C23H36N8O8. The number of benzene rings is 1. The van der Waals surface area contributed by atoms with E-state index >= 15 is 0 Å². The highest BCUT2D eigenvalue weighted by molar-refractivity contribution is 5.94. The summed E-state index contributed by atoms with van der Waals surface area (Å²) in [6.07, 6.45) is -0.260. The van der Waals surface area contributed by atoms with Gasteiger partial charge in [-0.15, -0.1) is 0 Å². The molecule has 16 heteroatoms. The molecule has 0 saturated heterocycles. The van der Waals surface area contributed by atoms with Crippen LogP contribution in [0.5, 0.6) is 5.75 Å². The van der Waals surface area contributed by atoms with Gasteiger partial charge in [0.05, 0.1) is 12.6 Å². The lowest BCUT2D eigenvalue weighted by Crippen LogP contribution is -2.57. The Balaban J connectivity index is 3.02. The summed E-state index contributed by atoms with van der Waals surface area (Å²) in [4.78, 5) is 64.9. The standard InChI is InChI=1S/C23H36N8O8/c24-14(10-12-3-5-13(33)6-4-12)19(35)29-16(7-8-18(25)34)21(37)30-15(2-1-9-28-23(26)27)20(36)31-17(11-32)22(38)39/h3-6,14-17,32-33H,1-2,7-11,24H2,(H2,25,34)(H,29,35)(H,30,37)(H,31,36)(H,38,39)(H4,26,27,28). The molecule has 216 valence electrons. The predicted octanol–water partition coefficient (Wildman–Crippen LogP) is -3.89. The van der Waals surface area contributed by atoms with E-state index in [9.17, 15) is 34.2 Å². The number of aliphatic hydroxyl groups excluding tert-OH is 1. The van der Waals surface area contributed by atoms with Crippen molar-refractivity contribution in [2.75, 3.05) is 13.2 Å². The summed E-state index contributed by atoms with van der Waals surface area (Å²) in [5.41, 5.74) is 22.4. The van der Waals surface area contributed by atoms with Crippen LogP contribution < -0.4 is 38.9 Å². The number of phenols is 1. The van der Waals surface area contributed by atoms with E-state index in [1.165, 1.54) is 12.1 Å². The number of hydrogen-bond donors (Lipinski definition) is 10. The molecule has 0 saturated carbocycles. The Bertz CT molecular complexity index is 1030. The molecule has 4 atom stereocenters. The third kappa shape index (κ3) is 12.6. The number of carbonyl (C=O) groups is 5. The lowest BCUT2D eigenvalue weighted by atomic mass is 10.0. The first kappa shape index (κ1) is 32.6. The fourth-order valence-corrected chi connectivity index (χ4v) is 3.32. The molecule has 16 nitrogen and oxygen atoms in total. The topological polar surface area (TPSA) is 299 Å². The van der Waals surface area contributed by atoms with Crippen LogP contribution in [0.25, 0.3) is 0 Å². The van der Waals surface area contributed by atoms with Gasteiger partial charge >= 0.3 is 5.97 Å². The number of aliphatic imine (C=N–C) groups is 1. The normalized spacial score (nSPS) is 13.7. The number of aliphatic carboxylic acids is 1. The molecule has 4 unspecified atom stereocenters. The molecule has 0 aliphatic carbocycles. The highest BCUT2D eigenvalue weighted by atomic mass is 16.4. The first-order valence-electron chi connectivity index (χ1n) is 12.0. The van der Waals surface area contributed by atoms with Crippen molar-refractivity contribution in [3.05, 3.63) is 29.8 Å². The molecule has 1 rings (SSSR count). The van der Waals surface area contributed by atoms with Crippen molar-refractivity contribution < 1.29 is 39.3 Å². The number of aromatic hydroxyl groups is 1. The number of primary amides is 1. The molecule has 1 aromatic rings. The molecule has 0 aliphatic heterocycles. The maximum atomic E-state index is 13.1. The lowest BCUT2D eigenvalue weighted by Gasteiger charge is -2.25. The number of carboxylic acids is 1. The number of nitrogens with zero attached hydrogens (tertiary/aromatic N) is 1. The average molecular weight is 553 g/mol. The Morgan fingerprint density at radius 3 is 1.90 bits per heavy atom. The van der Waals surface area contributed by atoms with Gasteiger partial charge < -0.3 is 54.2 Å². The zero-order valence-electron chi connectivity index (χ0n) is 21.2. The van der Waals surface area contributed by atoms with Crippen molar-refractivity contribution in [3.63, 3.8) is 0 Å². The molecule has 0 heterocycles. The van der Waals surface area contributed by atoms with Crippen molar-refractivity contribution in [3.8, 4) is 5.75 Å². The minimum atomic E-state index is -1.63. The number of rotatable bonds is 17. The van der Waals surface area contributed by atoms with Crippen molar-refractivity contribution >= 4 is 35.6 Å². The predicted molar refractivity (Wildman–Crippen MR) is 139 cm³/mol. The summed E-state index contributed by atoms with van der Waals surface area (Å²) < 4.78 is 0. The Morgan fingerprint density at radius 2 is 1.38 bits per heavy atom. The third-order valence-corrected chi connectivity index (χ3v) is 5.42. The van der Waals surface area contributed by atoms with Crippen molar-refractivity contribution in [2.45, 2.75) is 56.3 Å². The summed E-state index contributed by atoms with van der Waals surface area (Å²) in [6, 6.07) is 0.635. The van der Waals surface area contributed by atoms with Crippen LogP contribution in [0.15, 0.2) is 29.3 Å². The Hall–Kier alpha value is -4.44. The zero-order chi connectivity index (χ0) is 29.5. The summed E-state index contributed by atoms with van der Waals surface area (Å²) in [7, 11) is 0. The van der Waals surface area contributed by atoms with Crippen LogP contribution in [0.3, 0.4) is 0 Å². The maximum absolute atomic E-state index is 13.1. The second kappa shape index (κ2) is 16.4. The molecule has 4 amide bonds. The van der Waals surface area contributed by atoms with Gasteiger partial charge in [-0.25, -0.2) is 4.79 Å². The molecule has 0 bridgehead atoms. The number of carbonyl (C=O) groups excluding carboxylic acids is 4. The van der Waals surface area contributed by atoms with Gasteiger partial charge in [0.25, 0.3) is 0 Å². The SMILES string of the molecule is NC(=O)CCC(NC(=O)C(N)Cc1ccc(O)cc1)C(=O)NC(CCCN=C(N)N)C(=O)NC(CO)C(=O)O. The molecule has 0 radical (unpaired) electrons. The van der Waals surface area contributed by atoms with Gasteiger partial charge in [0.1, 0.15) is 23.9 Å². The number of guanidine groups is 1. The van der Waals surface area contributed by atoms with Gasteiger partial charge in [0.15, 0.2) is 5.96 Å². The van der Waals surface area contributed by atoms with Gasteiger partial charge in [0, 0.05) is 13.0 Å². The number of carboxylic acid groups (broad SMARTS) is 1. The quantitative estimate of drug-likeness (QED) is 0.0506. The van der Waals surface area contributed by atoms with Crippen LogP contribution in [0.2, 0.25) is 0 Å². The number of phenolic OH excluding ortho intramolecular Hbond substituents is 1. The van der Waals surface area contributed by atoms with Gasteiger partial charge in [-0.05, 0) is 43.4 Å². The molecule has 0 aromatic heterocycles. The molecular weight excluding hydrogens is 516 g/mol. The second-order valence-electron chi connectivity index (χ2n) is 8.64. The molecule has 0 spiro atoms. The summed E-state index contributed by atoms with van der Waals surface area (Å²) >= 11 is 0. The first-order chi connectivity index (χ1) is 18.3. The number of nitrogens with two attached hydrogens (primary N) is 4. The van der Waals surface area contributed by atoms with E-state index in [0.29, 0.717) is 5.56 Å². The fourth-order valence-electron chi connectivity index (χ4n) is 3.32. The van der Waals surface area contributed by atoms with Crippen LogP contribution in [0, 0.1) is 0 Å². The Kier molecular flexibility index (Phi) is 13.7. The van der Waals surface area contributed by atoms with E-state index in [-0.39, 0.29) is 50.4 Å². The van der Waals surface area contributed by atoms with Crippen LogP contribution >= 0.6 is 0 Å². The smallest absolute Gasteiger partial charge is 0.328 e. The van der Waals surface area contributed by atoms with Gasteiger partial charge in [-0.1, -0.05) is 12.1 Å². The lowest BCUT2D eigenvalue weighted by molar-refractivity contribution is -0.143.